The van der Waals surface area contributed by atoms with Gasteiger partial charge < -0.3 is 14.6 Å². The number of hydrogen-bond acceptors (Lipinski definition) is 5. The highest BCUT2D eigenvalue weighted by atomic mass is 16.6. The van der Waals surface area contributed by atoms with Gasteiger partial charge in [-0.3, -0.25) is 9.59 Å². The van der Waals surface area contributed by atoms with E-state index in [9.17, 15) is 14.7 Å². The molecule has 0 aliphatic heterocycles. The lowest BCUT2D eigenvalue weighted by atomic mass is 10.0. The maximum Gasteiger partial charge on any atom is 0.306 e. The van der Waals surface area contributed by atoms with E-state index >= 15 is 0 Å². The SMILES string of the molecule is CC/C=C\C/C=C\C/C=C\C/C=C\C/C=C\C/C=C\C/C=C\C/C=C\CCCCCCCCCCCCC(=O)OC(CO)COC(=O)CCCCCCCCCCCCCCCCCCCCCCCC/C=C\C/C=C\C/C=C\CCCCCCC. The van der Waals surface area contributed by atoms with Gasteiger partial charge in [0.15, 0.2) is 6.10 Å². The normalized spacial score (nSPS) is 13.0. The lowest BCUT2D eigenvalue weighted by Crippen LogP contribution is -2.28. The smallest absolute Gasteiger partial charge is 0.306 e. The largest absolute Gasteiger partial charge is 0.462 e. The van der Waals surface area contributed by atoms with Crippen molar-refractivity contribution in [2.45, 2.75) is 354 Å². The summed E-state index contributed by atoms with van der Waals surface area (Å²) in [6, 6.07) is 0. The van der Waals surface area contributed by atoms with Crippen LogP contribution in [0.2, 0.25) is 0 Å². The second kappa shape index (κ2) is 75.3. The first-order valence-electron chi connectivity index (χ1n) is 36.7. The number of ether oxygens (including phenoxy) is 2. The Morgan fingerprint density at radius 3 is 0.756 bits per heavy atom. The molecule has 0 saturated carbocycles. The van der Waals surface area contributed by atoms with E-state index in [0.717, 1.165) is 103 Å². The molecule has 86 heavy (non-hydrogen) atoms. The summed E-state index contributed by atoms with van der Waals surface area (Å²) < 4.78 is 10.8. The quantitative estimate of drug-likeness (QED) is 0.0373. The van der Waals surface area contributed by atoms with Crippen LogP contribution in [0.15, 0.2) is 134 Å². The minimum absolute atomic E-state index is 0.0706. The van der Waals surface area contributed by atoms with Crippen molar-refractivity contribution in [1.82, 2.24) is 0 Å². The Kier molecular flexibility index (Phi) is 71.8. The minimum atomic E-state index is -0.783. The Morgan fingerprint density at radius 2 is 0.500 bits per heavy atom. The maximum absolute atomic E-state index is 12.4. The van der Waals surface area contributed by atoms with E-state index in [2.05, 4.69) is 148 Å². The fourth-order valence-corrected chi connectivity index (χ4v) is 10.5. The van der Waals surface area contributed by atoms with Crippen molar-refractivity contribution >= 4 is 11.9 Å². The van der Waals surface area contributed by atoms with Crippen LogP contribution in [0, 0.1) is 0 Å². The van der Waals surface area contributed by atoms with Gasteiger partial charge in [0.1, 0.15) is 6.61 Å². The van der Waals surface area contributed by atoms with E-state index in [4.69, 9.17) is 9.47 Å². The molecule has 492 valence electrons. The van der Waals surface area contributed by atoms with Crippen molar-refractivity contribution in [2.24, 2.45) is 0 Å². The molecule has 0 aromatic carbocycles. The third-order valence-corrected chi connectivity index (χ3v) is 15.9. The van der Waals surface area contributed by atoms with Crippen LogP contribution in [0.5, 0.6) is 0 Å². The summed E-state index contributed by atoms with van der Waals surface area (Å²) >= 11 is 0. The number of unbranched alkanes of at least 4 members (excludes halogenated alkanes) is 37. The summed E-state index contributed by atoms with van der Waals surface area (Å²) in [4.78, 5) is 24.7. The van der Waals surface area contributed by atoms with Gasteiger partial charge in [0, 0.05) is 12.8 Å². The molecule has 0 bridgehead atoms. The first kappa shape index (κ1) is 82.0. The molecule has 0 aromatic heterocycles. The average molecular weight is 1190 g/mol. The van der Waals surface area contributed by atoms with Crippen molar-refractivity contribution in [3.63, 3.8) is 0 Å². The van der Waals surface area contributed by atoms with Gasteiger partial charge in [-0.2, -0.15) is 0 Å². The molecular weight excluding hydrogens is 1050 g/mol. The van der Waals surface area contributed by atoms with E-state index < -0.39 is 6.10 Å². The fourth-order valence-electron chi connectivity index (χ4n) is 10.5. The van der Waals surface area contributed by atoms with Crippen LogP contribution in [-0.4, -0.2) is 36.4 Å². The molecule has 0 amide bonds. The molecule has 0 heterocycles. The van der Waals surface area contributed by atoms with Gasteiger partial charge in [0.2, 0.25) is 0 Å². The molecule has 1 unspecified atom stereocenters. The minimum Gasteiger partial charge on any atom is -0.462 e. The van der Waals surface area contributed by atoms with Gasteiger partial charge in [-0.1, -0.05) is 353 Å². The molecule has 0 aliphatic carbocycles. The molecule has 5 nitrogen and oxygen atoms in total. The lowest BCUT2D eigenvalue weighted by Gasteiger charge is -2.15. The molecular formula is C81H138O5. The summed E-state index contributed by atoms with van der Waals surface area (Å²) in [6.45, 7) is 4.04. The van der Waals surface area contributed by atoms with Gasteiger partial charge >= 0.3 is 11.9 Å². The zero-order valence-corrected chi connectivity index (χ0v) is 56.5. The van der Waals surface area contributed by atoms with Crippen molar-refractivity contribution in [3.8, 4) is 0 Å². The third kappa shape index (κ3) is 72.5. The highest BCUT2D eigenvalue weighted by Crippen LogP contribution is 2.18. The Bertz CT molecular complexity index is 1730. The second-order valence-electron chi connectivity index (χ2n) is 24.3. The first-order valence-corrected chi connectivity index (χ1v) is 36.7. The molecule has 1 atom stereocenters. The number of carbonyl (C=O) groups is 2. The molecule has 0 fully saturated rings. The molecule has 1 N–H and O–H groups in total. The van der Waals surface area contributed by atoms with Crippen molar-refractivity contribution in [1.29, 1.82) is 0 Å². The fraction of sp³-hybridized carbons (Fsp3) is 0.704. The molecule has 0 rings (SSSR count). The Labute approximate surface area is 534 Å². The van der Waals surface area contributed by atoms with Crippen LogP contribution in [0.4, 0.5) is 0 Å². The van der Waals surface area contributed by atoms with Gasteiger partial charge in [-0.15, -0.1) is 0 Å². The predicted octanol–water partition coefficient (Wildman–Crippen LogP) is 25.9. The standard InChI is InChI=1S/C81H138O5/c1-3-5-7-9-11-13-15-17-19-21-23-25-27-29-31-33-35-37-39-40-42-43-45-47-49-51-53-55-57-59-61-63-65-67-69-71-73-75-80(83)85-78-79(77-82)86-81(84)76-74-72-70-68-66-64-62-60-58-56-54-52-50-48-46-44-41-38-36-34-32-30-28-26-24-22-20-18-16-14-12-10-8-6-4-2/h6,8,12,14-15,17-18,20-21,23-24,26-27,29-30,32,36,38,44,46,50,52,79,82H,3-5,7,9-11,13,16,19,22,25,28,31,33-35,37,39-43,45,47-49,51,53-78H2,1-2H3/b8-6-,14-12-,17-15-,20-18-,23-21-,26-24-,29-27-,32-30-,38-36-,46-44-,52-50-. The Morgan fingerprint density at radius 1 is 0.279 bits per heavy atom. The van der Waals surface area contributed by atoms with Crippen molar-refractivity contribution in [2.75, 3.05) is 13.2 Å². The van der Waals surface area contributed by atoms with Crippen molar-refractivity contribution in [3.05, 3.63) is 134 Å². The molecule has 0 saturated heterocycles. The number of allylic oxidation sites excluding steroid dienone is 22. The first-order chi connectivity index (χ1) is 42.6. The van der Waals surface area contributed by atoms with Gasteiger partial charge in [-0.25, -0.2) is 0 Å². The van der Waals surface area contributed by atoms with E-state index in [1.165, 1.54) is 218 Å². The van der Waals surface area contributed by atoms with Crippen LogP contribution in [0.3, 0.4) is 0 Å². The van der Waals surface area contributed by atoms with E-state index in [1.54, 1.807) is 0 Å². The zero-order valence-electron chi connectivity index (χ0n) is 56.5. The molecule has 0 aromatic rings. The van der Waals surface area contributed by atoms with Gasteiger partial charge in [-0.05, 0) is 116 Å². The van der Waals surface area contributed by atoms with Crippen molar-refractivity contribution < 1.29 is 24.2 Å². The number of rotatable bonds is 67. The third-order valence-electron chi connectivity index (χ3n) is 15.9. The molecule has 0 spiro atoms. The number of carbonyl (C=O) groups excluding carboxylic acids is 2. The van der Waals surface area contributed by atoms with Gasteiger partial charge in [0.25, 0.3) is 0 Å². The number of aliphatic hydroxyl groups is 1. The van der Waals surface area contributed by atoms with E-state index in [1.807, 2.05) is 0 Å². The van der Waals surface area contributed by atoms with Crippen LogP contribution in [0.25, 0.3) is 0 Å². The number of hydrogen-bond donors (Lipinski definition) is 1. The summed E-state index contributed by atoms with van der Waals surface area (Å²) in [7, 11) is 0. The Balaban J connectivity index is 3.48. The van der Waals surface area contributed by atoms with Crippen LogP contribution in [-0.2, 0) is 19.1 Å². The van der Waals surface area contributed by atoms with E-state index in [0.29, 0.717) is 12.8 Å². The highest BCUT2D eigenvalue weighted by Gasteiger charge is 2.16. The summed E-state index contributed by atoms with van der Waals surface area (Å²) in [5, 5.41) is 9.71. The van der Waals surface area contributed by atoms with Crippen LogP contribution >= 0.6 is 0 Å². The summed E-state index contributed by atoms with van der Waals surface area (Å²) in [5.74, 6) is -0.588. The molecule has 0 aliphatic rings. The molecule has 5 heteroatoms. The van der Waals surface area contributed by atoms with E-state index in [-0.39, 0.29) is 25.2 Å². The predicted molar refractivity (Wildman–Crippen MR) is 380 cm³/mol. The average Bonchev–Trinajstić information content (AvgIpc) is 3.55. The highest BCUT2D eigenvalue weighted by molar-refractivity contribution is 5.70. The molecule has 0 radical (unpaired) electrons. The lowest BCUT2D eigenvalue weighted by molar-refractivity contribution is -0.161. The zero-order chi connectivity index (χ0) is 61.9. The summed E-state index contributed by atoms with van der Waals surface area (Å²) in [5.41, 5.74) is 0. The Hall–Kier alpha value is -3.96. The number of aliphatic hydroxyl groups excluding tert-OH is 1. The monoisotopic (exact) mass is 1190 g/mol. The van der Waals surface area contributed by atoms with Crippen LogP contribution in [0.1, 0.15) is 348 Å². The topological polar surface area (TPSA) is 72.8 Å². The van der Waals surface area contributed by atoms with Gasteiger partial charge in [0.05, 0.1) is 6.61 Å². The number of esters is 2. The van der Waals surface area contributed by atoms with Crippen LogP contribution < -0.4 is 0 Å². The maximum atomic E-state index is 12.4. The second-order valence-corrected chi connectivity index (χ2v) is 24.3. The summed E-state index contributed by atoms with van der Waals surface area (Å²) in [6.07, 6.45) is 112.